The zero-order chi connectivity index (χ0) is 20.3. The Labute approximate surface area is 171 Å². The van der Waals surface area contributed by atoms with E-state index in [1.807, 2.05) is 6.07 Å². The first kappa shape index (κ1) is 19.8. The van der Waals surface area contributed by atoms with Gasteiger partial charge in [0.05, 0.1) is 16.7 Å². The fourth-order valence-corrected chi connectivity index (χ4v) is 3.01. The minimum absolute atomic E-state index is 0.0486. The first-order chi connectivity index (χ1) is 13.4. The molecular weight excluding hydrogens is 406 g/mol. The standard InChI is InChI=1S/C19H15Cl2FN4O2/c1-26-5-4-24-18(26)19(27)25-10-12-2-3-15(21)17(16(12)22)28-14-7-11(9-23)6-13(20)8-14/h2-8,18,24H,10H2,1H3,(H,25,27). The molecule has 0 aliphatic carbocycles. The number of rotatable bonds is 5. The number of hydrogen-bond donors (Lipinski definition) is 2. The number of amides is 1. The molecule has 0 spiro atoms. The van der Waals surface area contributed by atoms with Gasteiger partial charge in [0.25, 0.3) is 5.91 Å². The van der Waals surface area contributed by atoms with Crippen molar-refractivity contribution >= 4 is 29.1 Å². The molecule has 0 aromatic heterocycles. The van der Waals surface area contributed by atoms with Gasteiger partial charge in [-0.1, -0.05) is 29.3 Å². The van der Waals surface area contributed by atoms with Crippen LogP contribution in [-0.4, -0.2) is 24.0 Å². The minimum Gasteiger partial charge on any atom is -0.453 e. The number of ether oxygens (including phenoxy) is 1. The zero-order valence-corrected chi connectivity index (χ0v) is 16.2. The number of carbonyl (C=O) groups excluding carboxylic acids is 1. The highest BCUT2D eigenvalue weighted by Crippen LogP contribution is 2.35. The monoisotopic (exact) mass is 420 g/mol. The van der Waals surface area contributed by atoms with Gasteiger partial charge in [-0.15, -0.1) is 0 Å². The summed E-state index contributed by atoms with van der Waals surface area (Å²) in [6, 6.07) is 9.21. The minimum atomic E-state index is -0.711. The van der Waals surface area contributed by atoms with E-state index in [0.717, 1.165) is 0 Å². The highest BCUT2D eigenvalue weighted by atomic mass is 35.5. The fourth-order valence-electron chi connectivity index (χ4n) is 2.60. The van der Waals surface area contributed by atoms with Gasteiger partial charge in [-0.25, -0.2) is 4.39 Å². The van der Waals surface area contributed by atoms with Gasteiger partial charge in [0.15, 0.2) is 17.7 Å². The summed E-state index contributed by atoms with van der Waals surface area (Å²) in [6.45, 7) is -0.0524. The highest BCUT2D eigenvalue weighted by molar-refractivity contribution is 6.32. The summed E-state index contributed by atoms with van der Waals surface area (Å²) in [6.07, 6.45) is 2.82. The average Bonchev–Trinajstić information content (AvgIpc) is 3.09. The van der Waals surface area contributed by atoms with Gasteiger partial charge in [0.2, 0.25) is 0 Å². The lowest BCUT2D eigenvalue weighted by atomic mass is 10.2. The highest BCUT2D eigenvalue weighted by Gasteiger charge is 2.23. The van der Waals surface area contributed by atoms with Crippen LogP contribution < -0.4 is 15.4 Å². The number of hydrogen-bond acceptors (Lipinski definition) is 5. The van der Waals surface area contributed by atoms with Crippen molar-refractivity contribution in [2.75, 3.05) is 7.05 Å². The number of likely N-dealkylation sites (N-methyl/N-ethyl adjacent to an activating group) is 1. The molecule has 1 unspecified atom stereocenters. The summed E-state index contributed by atoms with van der Waals surface area (Å²) >= 11 is 12.0. The van der Waals surface area contributed by atoms with Crippen molar-refractivity contribution in [2.24, 2.45) is 0 Å². The molecule has 1 aliphatic rings. The normalized spacial score (nSPS) is 15.1. The molecule has 3 rings (SSSR count). The predicted molar refractivity (Wildman–Crippen MR) is 103 cm³/mol. The lowest BCUT2D eigenvalue weighted by Crippen LogP contribution is -2.47. The van der Waals surface area contributed by atoms with E-state index in [4.69, 9.17) is 33.2 Å². The van der Waals surface area contributed by atoms with Gasteiger partial charge in [0, 0.05) is 36.6 Å². The van der Waals surface area contributed by atoms with Crippen molar-refractivity contribution in [2.45, 2.75) is 12.7 Å². The smallest absolute Gasteiger partial charge is 0.263 e. The lowest BCUT2D eigenvalue weighted by Gasteiger charge is -2.20. The number of benzene rings is 2. The Kier molecular flexibility index (Phi) is 5.93. The van der Waals surface area contributed by atoms with Crippen LogP contribution in [0.15, 0.2) is 42.7 Å². The molecule has 0 saturated heterocycles. The molecule has 2 aromatic carbocycles. The molecule has 144 valence electrons. The van der Waals surface area contributed by atoms with Gasteiger partial charge >= 0.3 is 0 Å². The zero-order valence-electron chi connectivity index (χ0n) is 14.7. The molecule has 1 amide bonds. The maximum absolute atomic E-state index is 14.9. The molecule has 1 aliphatic heterocycles. The van der Waals surface area contributed by atoms with Crippen LogP contribution in [0.2, 0.25) is 10.0 Å². The van der Waals surface area contributed by atoms with Crippen LogP contribution in [0.3, 0.4) is 0 Å². The number of halogens is 3. The molecule has 9 heteroatoms. The van der Waals surface area contributed by atoms with Crippen LogP contribution >= 0.6 is 23.2 Å². The molecule has 6 nitrogen and oxygen atoms in total. The van der Waals surface area contributed by atoms with E-state index in [1.54, 1.807) is 24.3 Å². The largest absolute Gasteiger partial charge is 0.453 e. The average molecular weight is 421 g/mol. The summed E-state index contributed by atoms with van der Waals surface area (Å²) < 4.78 is 20.5. The van der Waals surface area contributed by atoms with Crippen molar-refractivity contribution in [3.05, 3.63) is 69.7 Å². The Morgan fingerprint density at radius 2 is 2.18 bits per heavy atom. The summed E-state index contributed by atoms with van der Waals surface area (Å²) in [7, 11) is 1.75. The summed E-state index contributed by atoms with van der Waals surface area (Å²) in [5, 5.41) is 14.9. The second-order valence-electron chi connectivity index (χ2n) is 6.01. The summed E-state index contributed by atoms with van der Waals surface area (Å²) in [5.41, 5.74) is 0.466. The molecule has 0 saturated carbocycles. The Morgan fingerprint density at radius 3 is 2.86 bits per heavy atom. The number of nitrogens with one attached hydrogen (secondary N) is 2. The van der Waals surface area contributed by atoms with E-state index in [0.29, 0.717) is 0 Å². The van der Waals surface area contributed by atoms with Crippen molar-refractivity contribution in [1.82, 2.24) is 15.5 Å². The van der Waals surface area contributed by atoms with E-state index in [1.165, 1.54) is 30.3 Å². The van der Waals surface area contributed by atoms with Crippen molar-refractivity contribution in [3.8, 4) is 17.6 Å². The maximum atomic E-state index is 14.9. The second kappa shape index (κ2) is 8.38. The van der Waals surface area contributed by atoms with Crippen molar-refractivity contribution in [1.29, 1.82) is 5.26 Å². The van der Waals surface area contributed by atoms with Crippen LogP contribution in [0, 0.1) is 17.1 Å². The molecule has 1 atom stereocenters. The van der Waals surface area contributed by atoms with Crippen molar-refractivity contribution in [3.63, 3.8) is 0 Å². The van der Waals surface area contributed by atoms with Crippen LogP contribution in [0.25, 0.3) is 0 Å². The first-order valence-electron chi connectivity index (χ1n) is 8.17. The Bertz CT molecular complexity index is 991. The third kappa shape index (κ3) is 4.30. The van der Waals surface area contributed by atoms with E-state index < -0.39 is 12.0 Å². The fraction of sp³-hybridized carbons (Fsp3) is 0.158. The molecule has 1 heterocycles. The van der Waals surface area contributed by atoms with E-state index in [-0.39, 0.29) is 45.1 Å². The van der Waals surface area contributed by atoms with Crippen LogP contribution in [0.4, 0.5) is 4.39 Å². The van der Waals surface area contributed by atoms with E-state index in [9.17, 15) is 9.18 Å². The molecule has 0 radical (unpaired) electrons. The Morgan fingerprint density at radius 1 is 1.39 bits per heavy atom. The van der Waals surface area contributed by atoms with Gasteiger partial charge in [-0.05, 0) is 24.3 Å². The van der Waals surface area contributed by atoms with Gasteiger partial charge < -0.3 is 20.3 Å². The lowest BCUT2D eigenvalue weighted by molar-refractivity contribution is -0.125. The van der Waals surface area contributed by atoms with Gasteiger partial charge in [-0.3, -0.25) is 4.79 Å². The first-order valence-corrected chi connectivity index (χ1v) is 8.92. The quantitative estimate of drug-likeness (QED) is 0.769. The Balaban J connectivity index is 1.78. The van der Waals surface area contributed by atoms with E-state index in [2.05, 4.69) is 10.6 Å². The van der Waals surface area contributed by atoms with Crippen molar-refractivity contribution < 1.29 is 13.9 Å². The third-order valence-electron chi connectivity index (χ3n) is 4.02. The molecular formula is C19H15Cl2FN4O2. The third-order valence-corrected chi connectivity index (χ3v) is 4.54. The van der Waals surface area contributed by atoms with Crippen LogP contribution in [0.5, 0.6) is 11.5 Å². The summed E-state index contributed by atoms with van der Waals surface area (Å²) in [5.74, 6) is -1.05. The SMILES string of the molecule is CN1C=CNC1C(=O)NCc1ccc(Cl)c(Oc2cc(Cl)cc(C#N)c2)c1F. The predicted octanol–water partition coefficient (Wildman–Crippen LogP) is 3.74. The molecule has 2 aromatic rings. The molecule has 28 heavy (non-hydrogen) atoms. The van der Waals surface area contributed by atoms with Gasteiger partial charge in [0.1, 0.15) is 5.75 Å². The van der Waals surface area contributed by atoms with Gasteiger partial charge in [-0.2, -0.15) is 5.26 Å². The number of carbonyl (C=O) groups is 1. The van der Waals surface area contributed by atoms with Crippen LogP contribution in [-0.2, 0) is 11.3 Å². The number of nitriles is 1. The molecule has 2 N–H and O–H groups in total. The second-order valence-corrected chi connectivity index (χ2v) is 6.85. The molecule has 0 bridgehead atoms. The molecule has 0 fully saturated rings. The topological polar surface area (TPSA) is 77.4 Å². The van der Waals surface area contributed by atoms with Crippen LogP contribution in [0.1, 0.15) is 11.1 Å². The number of nitrogens with zero attached hydrogens (tertiary/aromatic N) is 2. The van der Waals surface area contributed by atoms with E-state index >= 15 is 0 Å². The summed E-state index contributed by atoms with van der Waals surface area (Å²) in [4.78, 5) is 13.9. The maximum Gasteiger partial charge on any atom is 0.263 e. The Hall–Kier alpha value is -2.95.